The van der Waals surface area contributed by atoms with E-state index in [2.05, 4.69) is 9.88 Å². The predicted octanol–water partition coefficient (Wildman–Crippen LogP) is 3.61. The lowest BCUT2D eigenvalue weighted by Gasteiger charge is -2.27. The molecular formula is C23H23ClN4O4S. The number of rotatable bonds is 7. The van der Waals surface area contributed by atoms with Crippen molar-refractivity contribution < 1.29 is 13.9 Å². The minimum atomic E-state index is -0.547. The van der Waals surface area contributed by atoms with Crippen molar-refractivity contribution in [3.63, 3.8) is 0 Å². The molecule has 3 heterocycles. The Morgan fingerprint density at radius 1 is 1.18 bits per heavy atom. The van der Waals surface area contributed by atoms with Crippen LogP contribution in [0.2, 0.25) is 5.02 Å². The van der Waals surface area contributed by atoms with E-state index in [0.717, 1.165) is 49.5 Å². The molecule has 4 aromatic rings. The van der Waals surface area contributed by atoms with Crippen LogP contribution in [0, 0.1) is 0 Å². The number of halogens is 1. The largest absolute Gasteiger partial charge is 0.420 e. The number of anilines is 1. The molecule has 1 fully saturated rings. The molecule has 1 saturated heterocycles. The summed E-state index contributed by atoms with van der Waals surface area (Å²) in [5.74, 6) is -0.760. The van der Waals surface area contributed by atoms with Crippen molar-refractivity contribution >= 4 is 55.3 Å². The summed E-state index contributed by atoms with van der Waals surface area (Å²) in [5, 5.41) is 1.22. The van der Waals surface area contributed by atoms with Gasteiger partial charge in [0.25, 0.3) is 0 Å². The normalized spacial score (nSPS) is 14.8. The molecule has 2 aromatic heterocycles. The van der Waals surface area contributed by atoms with Crippen molar-refractivity contribution in [2.75, 3.05) is 44.3 Å². The van der Waals surface area contributed by atoms with Gasteiger partial charge in [-0.15, -0.1) is 0 Å². The first kappa shape index (κ1) is 22.1. The monoisotopic (exact) mass is 486 g/mol. The number of fused-ring (bicyclic) bond motifs is 2. The highest BCUT2D eigenvalue weighted by atomic mass is 35.5. The molecule has 0 saturated carbocycles. The van der Waals surface area contributed by atoms with Crippen LogP contribution in [0.1, 0.15) is 6.42 Å². The Hall–Kier alpha value is -2.72. The van der Waals surface area contributed by atoms with Gasteiger partial charge in [0, 0.05) is 31.2 Å². The van der Waals surface area contributed by atoms with Crippen LogP contribution in [0.5, 0.6) is 0 Å². The van der Waals surface area contributed by atoms with E-state index in [-0.39, 0.29) is 12.5 Å². The zero-order chi connectivity index (χ0) is 22.8. The first-order valence-electron chi connectivity index (χ1n) is 10.8. The topological polar surface area (TPSA) is 80.8 Å². The molecule has 2 aromatic carbocycles. The average molecular weight is 487 g/mol. The van der Waals surface area contributed by atoms with Gasteiger partial charge in [0.15, 0.2) is 10.7 Å². The number of carbonyl (C=O) groups is 1. The van der Waals surface area contributed by atoms with Crippen molar-refractivity contribution in [1.29, 1.82) is 0 Å². The number of hydrogen-bond acceptors (Lipinski definition) is 7. The van der Waals surface area contributed by atoms with Crippen LogP contribution in [0.15, 0.2) is 51.7 Å². The number of morpholine rings is 1. The molecule has 0 unspecified atom stereocenters. The molecule has 0 aliphatic carbocycles. The number of carbonyl (C=O) groups excluding carboxylic acids is 1. The third-order valence-electron chi connectivity index (χ3n) is 5.70. The van der Waals surface area contributed by atoms with Crippen molar-refractivity contribution in [1.82, 2.24) is 14.5 Å². The first-order valence-corrected chi connectivity index (χ1v) is 12.0. The minimum Gasteiger partial charge on any atom is -0.408 e. The van der Waals surface area contributed by atoms with Gasteiger partial charge < -0.3 is 9.15 Å². The van der Waals surface area contributed by atoms with Crippen molar-refractivity contribution in [3.05, 3.63) is 58.0 Å². The second kappa shape index (κ2) is 9.64. The maximum Gasteiger partial charge on any atom is 0.420 e. The van der Waals surface area contributed by atoms with Crippen molar-refractivity contribution in [3.8, 4) is 0 Å². The van der Waals surface area contributed by atoms with Gasteiger partial charge >= 0.3 is 5.76 Å². The van der Waals surface area contributed by atoms with E-state index in [1.165, 1.54) is 15.9 Å². The highest BCUT2D eigenvalue weighted by Gasteiger charge is 2.23. The highest BCUT2D eigenvalue weighted by Crippen LogP contribution is 2.31. The van der Waals surface area contributed by atoms with Gasteiger partial charge in [-0.3, -0.25) is 19.2 Å². The SMILES string of the molecule is O=C(Cn1c(=O)oc2ccccc21)N(CCCN1CCOCC1)c1nc2ccc(Cl)cc2s1. The lowest BCUT2D eigenvalue weighted by molar-refractivity contribution is -0.119. The number of para-hydroxylation sites is 2. The Labute approximate surface area is 198 Å². The molecule has 10 heteroatoms. The van der Waals surface area contributed by atoms with E-state index in [9.17, 15) is 9.59 Å². The third kappa shape index (κ3) is 4.81. The van der Waals surface area contributed by atoms with Gasteiger partial charge in [-0.25, -0.2) is 9.78 Å². The molecule has 5 rings (SSSR count). The quantitative estimate of drug-likeness (QED) is 0.397. The fourth-order valence-corrected chi connectivity index (χ4v) is 5.28. The summed E-state index contributed by atoms with van der Waals surface area (Å²) in [5.41, 5.74) is 1.85. The molecule has 0 radical (unpaired) electrons. The van der Waals surface area contributed by atoms with E-state index in [4.69, 9.17) is 20.8 Å². The smallest absolute Gasteiger partial charge is 0.408 e. The molecule has 33 heavy (non-hydrogen) atoms. The molecule has 1 amide bonds. The molecule has 0 bridgehead atoms. The average Bonchev–Trinajstić information content (AvgIpc) is 3.37. The number of aromatic nitrogens is 2. The van der Waals surface area contributed by atoms with Crippen LogP contribution < -0.4 is 10.7 Å². The molecule has 0 spiro atoms. The summed E-state index contributed by atoms with van der Waals surface area (Å²) in [7, 11) is 0. The van der Waals surface area contributed by atoms with E-state index in [0.29, 0.717) is 27.8 Å². The summed E-state index contributed by atoms with van der Waals surface area (Å²) in [4.78, 5) is 34.6. The number of hydrogen-bond donors (Lipinski definition) is 0. The summed E-state index contributed by atoms with van der Waals surface area (Å²) < 4.78 is 13.0. The number of ether oxygens (including phenoxy) is 1. The first-order chi connectivity index (χ1) is 16.1. The Bertz CT molecular complexity index is 1340. The van der Waals surface area contributed by atoms with Crippen LogP contribution in [0.3, 0.4) is 0 Å². The van der Waals surface area contributed by atoms with Gasteiger partial charge in [-0.1, -0.05) is 35.1 Å². The number of benzene rings is 2. The van der Waals surface area contributed by atoms with Crippen molar-refractivity contribution in [2.24, 2.45) is 0 Å². The van der Waals surface area contributed by atoms with Crippen LogP contribution in [0.4, 0.5) is 5.13 Å². The molecule has 8 nitrogen and oxygen atoms in total. The lowest BCUT2D eigenvalue weighted by Crippen LogP contribution is -2.40. The molecular weight excluding hydrogens is 464 g/mol. The van der Waals surface area contributed by atoms with E-state index in [1.54, 1.807) is 29.2 Å². The Kier molecular flexibility index (Phi) is 6.45. The summed E-state index contributed by atoms with van der Waals surface area (Å²) >= 11 is 7.56. The number of nitrogens with zero attached hydrogens (tertiary/aromatic N) is 4. The number of thiazole rings is 1. The van der Waals surface area contributed by atoms with Gasteiger partial charge in [-0.2, -0.15) is 0 Å². The highest BCUT2D eigenvalue weighted by molar-refractivity contribution is 7.22. The molecule has 172 valence electrons. The van der Waals surface area contributed by atoms with Gasteiger partial charge in [0.1, 0.15) is 6.54 Å². The van der Waals surface area contributed by atoms with Gasteiger partial charge in [-0.05, 0) is 36.8 Å². The Balaban J connectivity index is 1.40. The van der Waals surface area contributed by atoms with E-state index >= 15 is 0 Å². The maximum atomic E-state index is 13.5. The zero-order valence-corrected chi connectivity index (χ0v) is 19.5. The van der Waals surface area contributed by atoms with Crippen LogP contribution >= 0.6 is 22.9 Å². The van der Waals surface area contributed by atoms with Gasteiger partial charge in [0.05, 0.1) is 28.9 Å². The van der Waals surface area contributed by atoms with Crippen molar-refractivity contribution in [2.45, 2.75) is 13.0 Å². The second-order valence-electron chi connectivity index (χ2n) is 7.88. The predicted molar refractivity (Wildman–Crippen MR) is 129 cm³/mol. The summed E-state index contributed by atoms with van der Waals surface area (Å²) in [6, 6.07) is 12.6. The molecule has 0 N–H and O–H groups in total. The lowest BCUT2D eigenvalue weighted by atomic mass is 10.3. The van der Waals surface area contributed by atoms with E-state index < -0.39 is 5.76 Å². The van der Waals surface area contributed by atoms with Crippen LogP contribution in [-0.4, -0.2) is 59.8 Å². The molecule has 1 aliphatic heterocycles. The fraction of sp³-hybridized carbons (Fsp3) is 0.348. The number of amides is 1. The Morgan fingerprint density at radius 2 is 2.00 bits per heavy atom. The van der Waals surface area contributed by atoms with Crippen LogP contribution in [-0.2, 0) is 16.1 Å². The second-order valence-corrected chi connectivity index (χ2v) is 9.33. The molecule has 1 aliphatic rings. The zero-order valence-electron chi connectivity index (χ0n) is 17.9. The number of oxazole rings is 1. The van der Waals surface area contributed by atoms with E-state index in [1.807, 2.05) is 18.2 Å². The van der Waals surface area contributed by atoms with Gasteiger partial charge in [0.2, 0.25) is 5.91 Å². The van der Waals surface area contributed by atoms with Crippen LogP contribution in [0.25, 0.3) is 21.3 Å². The maximum absolute atomic E-state index is 13.5. The summed E-state index contributed by atoms with van der Waals surface area (Å²) in [6.45, 7) is 4.49. The fourth-order valence-electron chi connectivity index (χ4n) is 3.99. The standard InChI is InChI=1S/C23H23ClN4O4S/c24-16-6-7-17-20(14-16)33-22(25-17)27(9-3-8-26-10-12-31-13-11-26)21(29)15-28-18-4-1-2-5-19(18)32-23(28)30/h1-2,4-7,14H,3,8-13,15H2. The summed E-state index contributed by atoms with van der Waals surface area (Å²) in [6.07, 6.45) is 0.781. The molecule has 0 atom stereocenters. The Morgan fingerprint density at radius 3 is 2.85 bits per heavy atom. The minimum absolute atomic E-state index is 0.121. The third-order valence-corrected chi connectivity index (χ3v) is 6.97.